The van der Waals surface area contributed by atoms with E-state index >= 15 is 0 Å². The Morgan fingerprint density at radius 1 is 1.18 bits per heavy atom. The summed E-state index contributed by atoms with van der Waals surface area (Å²) < 4.78 is 12.9. The molecule has 2 aromatic heterocycles. The van der Waals surface area contributed by atoms with Gasteiger partial charge < -0.3 is 29.4 Å². The lowest BCUT2D eigenvalue weighted by molar-refractivity contribution is -0.00487. The zero-order chi connectivity index (χ0) is 27.0. The van der Waals surface area contributed by atoms with E-state index in [1.165, 1.54) is 7.11 Å². The first kappa shape index (κ1) is 25.7. The lowest BCUT2D eigenvalue weighted by Crippen LogP contribution is -2.39. The molecule has 0 spiro atoms. The van der Waals surface area contributed by atoms with Crippen LogP contribution in [-0.2, 0) is 24.1 Å². The molecule has 0 bridgehead atoms. The number of carbonyl (C=O) groups is 2. The third-order valence-electron chi connectivity index (χ3n) is 6.80. The molecule has 1 aromatic carbocycles. The molecule has 0 aliphatic carbocycles. The van der Waals surface area contributed by atoms with Crippen molar-refractivity contribution in [2.45, 2.75) is 58.2 Å². The van der Waals surface area contributed by atoms with Crippen LogP contribution in [0.3, 0.4) is 0 Å². The molecule has 2 aliphatic rings. The summed E-state index contributed by atoms with van der Waals surface area (Å²) in [5.41, 5.74) is 1.69. The quantitative estimate of drug-likeness (QED) is 0.506. The van der Waals surface area contributed by atoms with Crippen molar-refractivity contribution in [3.63, 3.8) is 0 Å². The van der Waals surface area contributed by atoms with Crippen molar-refractivity contribution in [1.29, 1.82) is 0 Å². The van der Waals surface area contributed by atoms with E-state index in [1.807, 2.05) is 18.2 Å². The van der Waals surface area contributed by atoms with E-state index in [0.717, 1.165) is 29.8 Å². The first-order valence-corrected chi connectivity index (χ1v) is 12.7. The number of rotatable bonds is 6. The molecule has 2 amide bonds. The molecule has 200 valence electrons. The van der Waals surface area contributed by atoms with Crippen molar-refractivity contribution in [2.75, 3.05) is 25.6 Å². The molecule has 2 N–H and O–H groups in total. The molecule has 0 unspecified atom stereocenters. The van der Waals surface area contributed by atoms with E-state index in [4.69, 9.17) is 9.47 Å². The molecule has 38 heavy (non-hydrogen) atoms. The van der Waals surface area contributed by atoms with Gasteiger partial charge >= 0.3 is 6.09 Å². The van der Waals surface area contributed by atoms with Crippen LogP contribution in [0.4, 0.5) is 10.6 Å². The van der Waals surface area contributed by atoms with Gasteiger partial charge in [0.05, 0.1) is 18.3 Å². The van der Waals surface area contributed by atoms with Gasteiger partial charge in [0.2, 0.25) is 0 Å². The second-order valence-electron chi connectivity index (χ2n) is 10.4. The Kier molecular flexibility index (Phi) is 6.78. The van der Waals surface area contributed by atoms with Crippen LogP contribution >= 0.6 is 0 Å². The van der Waals surface area contributed by atoms with Gasteiger partial charge in [0.15, 0.2) is 5.82 Å². The number of benzene rings is 1. The lowest BCUT2D eigenvalue weighted by Gasteiger charge is -2.30. The predicted octanol–water partition coefficient (Wildman–Crippen LogP) is 3.37. The van der Waals surface area contributed by atoms with Crippen molar-refractivity contribution in [3.05, 3.63) is 52.8 Å². The Hall–Kier alpha value is -3.99. The van der Waals surface area contributed by atoms with E-state index in [2.05, 4.69) is 32.0 Å². The van der Waals surface area contributed by atoms with E-state index in [9.17, 15) is 14.7 Å². The van der Waals surface area contributed by atoms with Gasteiger partial charge in [-0.15, -0.1) is 10.2 Å². The van der Waals surface area contributed by atoms with Crippen LogP contribution in [0.15, 0.2) is 30.3 Å². The number of nitrogens with one attached hydrogen (secondary N) is 1. The van der Waals surface area contributed by atoms with Crippen LogP contribution in [0, 0.1) is 0 Å². The highest BCUT2D eigenvalue weighted by Crippen LogP contribution is 2.31. The molecule has 4 heterocycles. The summed E-state index contributed by atoms with van der Waals surface area (Å²) in [4.78, 5) is 32.1. The van der Waals surface area contributed by atoms with Crippen molar-refractivity contribution >= 4 is 17.8 Å². The van der Waals surface area contributed by atoms with Gasteiger partial charge in [0.25, 0.3) is 5.91 Å². The average molecular weight is 521 g/mol. The van der Waals surface area contributed by atoms with E-state index in [1.54, 1.807) is 30.9 Å². The Morgan fingerprint density at radius 2 is 2.00 bits per heavy atom. The van der Waals surface area contributed by atoms with Gasteiger partial charge in [0.1, 0.15) is 29.7 Å². The third kappa shape index (κ3) is 5.19. The minimum absolute atomic E-state index is 0.103. The van der Waals surface area contributed by atoms with Crippen LogP contribution < -0.4 is 10.1 Å². The number of amides is 2. The number of pyridine rings is 1. The summed E-state index contributed by atoms with van der Waals surface area (Å²) in [5.74, 6) is 2.08. The van der Waals surface area contributed by atoms with Gasteiger partial charge in [-0.3, -0.25) is 4.79 Å². The third-order valence-corrected chi connectivity index (χ3v) is 6.80. The Bertz CT molecular complexity index is 1380. The summed E-state index contributed by atoms with van der Waals surface area (Å²) >= 11 is 0. The molecule has 2 aliphatic heterocycles. The summed E-state index contributed by atoms with van der Waals surface area (Å²) in [7, 11) is 1.52. The molecule has 0 saturated heterocycles. The number of aryl methyl sites for hydroxylation is 1. The van der Waals surface area contributed by atoms with E-state index < -0.39 is 11.7 Å². The molecule has 0 fully saturated rings. The largest absolute Gasteiger partial charge is 0.496 e. The standard InChI is InChI=1S/C27H32N6O5/c1-16-8-9-23-30-31-24(33(16)23)20-6-5-7-22(28-20)29-25(34)19-12-18-14-32(26(35)38-15-27(2,3)36)11-10-17(18)13-21(19)37-4/h5-7,12-13,16,36H,8-11,14-15H2,1-4H3,(H,28,29,34)/t16-/m0/s1. The van der Waals surface area contributed by atoms with E-state index in [0.29, 0.717) is 47.7 Å². The smallest absolute Gasteiger partial charge is 0.410 e. The van der Waals surface area contributed by atoms with E-state index in [-0.39, 0.29) is 19.1 Å². The average Bonchev–Trinajstić information content (AvgIpc) is 3.48. The highest BCUT2D eigenvalue weighted by atomic mass is 16.6. The topological polar surface area (TPSA) is 132 Å². The molecular formula is C27H32N6O5. The van der Waals surface area contributed by atoms with Crippen LogP contribution in [-0.4, -0.2) is 67.6 Å². The summed E-state index contributed by atoms with van der Waals surface area (Å²) in [6.07, 6.45) is 1.99. The monoisotopic (exact) mass is 520 g/mol. The molecule has 0 saturated carbocycles. The maximum absolute atomic E-state index is 13.3. The van der Waals surface area contributed by atoms with Crippen molar-refractivity contribution in [1.82, 2.24) is 24.6 Å². The summed E-state index contributed by atoms with van der Waals surface area (Å²) in [6.45, 7) is 5.93. The molecule has 0 radical (unpaired) electrons. The van der Waals surface area contributed by atoms with Crippen molar-refractivity contribution < 1.29 is 24.2 Å². The maximum Gasteiger partial charge on any atom is 0.410 e. The number of aliphatic hydroxyl groups is 1. The lowest BCUT2D eigenvalue weighted by atomic mass is 9.96. The van der Waals surface area contributed by atoms with Gasteiger partial charge in [-0.05, 0) is 69.0 Å². The second kappa shape index (κ2) is 10.1. The molecule has 1 atom stereocenters. The van der Waals surface area contributed by atoms with Crippen molar-refractivity contribution in [3.8, 4) is 17.3 Å². The zero-order valence-corrected chi connectivity index (χ0v) is 22.0. The number of anilines is 1. The maximum atomic E-state index is 13.3. The summed E-state index contributed by atoms with van der Waals surface area (Å²) in [6, 6.07) is 9.27. The first-order chi connectivity index (χ1) is 18.1. The number of methoxy groups -OCH3 is 1. The molecule has 11 nitrogen and oxygen atoms in total. The number of hydrogen-bond acceptors (Lipinski definition) is 8. The number of ether oxygens (including phenoxy) is 2. The van der Waals surface area contributed by atoms with Crippen molar-refractivity contribution in [2.24, 2.45) is 0 Å². The highest BCUT2D eigenvalue weighted by molar-refractivity contribution is 6.06. The zero-order valence-electron chi connectivity index (χ0n) is 22.0. The fourth-order valence-electron chi connectivity index (χ4n) is 4.83. The SMILES string of the molecule is COc1cc2c(cc1C(=O)Nc1cccc(-c3nnc4n3[C@@H](C)CC4)n1)CN(C(=O)OCC(C)(C)O)CC2. The minimum Gasteiger partial charge on any atom is -0.496 e. The van der Waals surface area contributed by atoms with Gasteiger partial charge in [-0.25, -0.2) is 9.78 Å². The number of fused-ring (bicyclic) bond motifs is 2. The number of hydrogen-bond donors (Lipinski definition) is 2. The predicted molar refractivity (Wildman–Crippen MR) is 139 cm³/mol. The molecule has 3 aromatic rings. The normalized spacial score (nSPS) is 16.6. The fourth-order valence-corrected chi connectivity index (χ4v) is 4.83. The minimum atomic E-state index is -1.11. The molecular weight excluding hydrogens is 488 g/mol. The molecule has 11 heteroatoms. The first-order valence-electron chi connectivity index (χ1n) is 12.7. The van der Waals surface area contributed by atoms with Crippen LogP contribution in [0.1, 0.15) is 60.5 Å². The number of nitrogens with zero attached hydrogens (tertiary/aromatic N) is 5. The van der Waals surface area contributed by atoms with Gasteiger partial charge in [-0.1, -0.05) is 6.07 Å². The molecule has 5 rings (SSSR count). The number of carbonyl (C=O) groups excluding carboxylic acids is 2. The van der Waals surface area contributed by atoms with Gasteiger partial charge in [0, 0.05) is 25.6 Å². The van der Waals surface area contributed by atoms with Crippen LogP contribution in [0.2, 0.25) is 0 Å². The van der Waals surface area contributed by atoms with Crippen LogP contribution in [0.25, 0.3) is 11.5 Å². The number of aromatic nitrogens is 4. The van der Waals surface area contributed by atoms with Gasteiger partial charge in [-0.2, -0.15) is 0 Å². The fraction of sp³-hybridized carbons (Fsp3) is 0.444. The van der Waals surface area contributed by atoms with Crippen LogP contribution in [0.5, 0.6) is 5.75 Å². The Labute approximate surface area is 220 Å². The highest BCUT2D eigenvalue weighted by Gasteiger charge is 2.28. The Balaban J connectivity index is 1.35. The summed E-state index contributed by atoms with van der Waals surface area (Å²) in [5, 5.41) is 21.3. The second-order valence-corrected chi connectivity index (χ2v) is 10.4. The Morgan fingerprint density at radius 3 is 2.76 bits per heavy atom.